The molecule has 0 amide bonds. The van der Waals surface area contributed by atoms with E-state index >= 15 is 0 Å². The Kier molecular flexibility index (Phi) is 4.97. The number of phenolic OH excluding ortho intramolecular Hbond substituents is 1. The summed E-state index contributed by atoms with van der Waals surface area (Å²) < 4.78 is 2.24. The molecule has 1 N–H and O–H groups in total. The third-order valence-corrected chi connectivity index (χ3v) is 7.57. The number of aryl methyl sites for hydroxylation is 1. The SMILES string of the molecule is C=CCC1(C)C(/C=C/c2cc3c4c(c2O)CCCN4CCC3)=[N+](C)c2ccc(Cl)cc21. The smallest absolute Gasteiger partial charge is 0.209 e. The largest absolute Gasteiger partial charge is 0.507 e. The molecule has 0 bridgehead atoms. The summed E-state index contributed by atoms with van der Waals surface area (Å²) in [5.41, 5.74) is 8.13. The highest BCUT2D eigenvalue weighted by atomic mass is 35.5. The summed E-state index contributed by atoms with van der Waals surface area (Å²) in [4.78, 5) is 2.46. The Hall–Kier alpha value is -2.52. The minimum absolute atomic E-state index is 0.206. The fourth-order valence-electron chi connectivity index (χ4n) is 5.84. The number of allylic oxidation sites excluding steroid dienone is 2. The number of rotatable bonds is 4. The molecule has 3 aliphatic rings. The van der Waals surface area contributed by atoms with Crippen molar-refractivity contribution in [2.24, 2.45) is 0 Å². The average Bonchev–Trinajstić information content (AvgIpc) is 2.96. The second-order valence-corrected chi connectivity index (χ2v) is 9.70. The second-order valence-electron chi connectivity index (χ2n) is 9.26. The third-order valence-electron chi connectivity index (χ3n) is 7.34. The number of anilines is 1. The van der Waals surface area contributed by atoms with Crippen LogP contribution in [0.5, 0.6) is 5.75 Å². The van der Waals surface area contributed by atoms with E-state index in [-0.39, 0.29) is 5.41 Å². The fourth-order valence-corrected chi connectivity index (χ4v) is 6.02. The van der Waals surface area contributed by atoms with Crippen molar-refractivity contribution in [1.29, 1.82) is 0 Å². The predicted molar refractivity (Wildman–Crippen MR) is 130 cm³/mol. The number of benzene rings is 2. The number of phenols is 1. The number of aromatic hydroxyl groups is 1. The molecule has 2 aromatic rings. The molecule has 4 heteroatoms. The van der Waals surface area contributed by atoms with E-state index in [1.165, 1.54) is 34.6 Å². The van der Waals surface area contributed by atoms with Crippen molar-refractivity contribution >= 4 is 34.8 Å². The van der Waals surface area contributed by atoms with E-state index < -0.39 is 0 Å². The van der Waals surface area contributed by atoms with Crippen LogP contribution in [0.15, 0.2) is 43.0 Å². The number of halogens is 1. The number of nitrogens with zero attached hydrogens (tertiary/aromatic N) is 2. The summed E-state index contributed by atoms with van der Waals surface area (Å²) in [5, 5.41) is 11.9. The van der Waals surface area contributed by atoms with Crippen molar-refractivity contribution in [3.8, 4) is 5.75 Å². The van der Waals surface area contributed by atoms with E-state index in [1.807, 2.05) is 12.1 Å². The minimum Gasteiger partial charge on any atom is -0.507 e. The van der Waals surface area contributed by atoms with Crippen LogP contribution in [-0.4, -0.2) is 35.5 Å². The van der Waals surface area contributed by atoms with E-state index in [1.54, 1.807) is 0 Å². The standard InChI is InChI=1S/C27H29ClN2O/c1-4-13-27(2)22-17-20(28)10-11-23(22)29(3)24(27)12-9-19-16-18-7-5-14-30-15-6-8-21(25(18)30)26(19)31/h4,9-12,16-17H,1,5-8,13-15H2,2-3H3/p+1. The van der Waals surface area contributed by atoms with Gasteiger partial charge in [-0.15, -0.1) is 6.58 Å². The van der Waals surface area contributed by atoms with Gasteiger partial charge in [0.2, 0.25) is 5.69 Å². The Labute approximate surface area is 190 Å². The van der Waals surface area contributed by atoms with Crippen LogP contribution in [0.2, 0.25) is 5.02 Å². The molecule has 1 unspecified atom stereocenters. The van der Waals surface area contributed by atoms with Crippen molar-refractivity contribution in [3.05, 3.63) is 70.3 Å². The van der Waals surface area contributed by atoms with Gasteiger partial charge in [0, 0.05) is 52.6 Å². The van der Waals surface area contributed by atoms with E-state index in [9.17, 15) is 5.11 Å². The van der Waals surface area contributed by atoms with Crippen molar-refractivity contribution in [3.63, 3.8) is 0 Å². The van der Waals surface area contributed by atoms with Crippen LogP contribution in [0.1, 0.15) is 48.4 Å². The Morgan fingerprint density at radius 2 is 1.97 bits per heavy atom. The number of hydrogen-bond acceptors (Lipinski definition) is 2. The molecule has 0 fully saturated rings. The molecule has 0 saturated heterocycles. The first-order chi connectivity index (χ1) is 14.9. The predicted octanol–water partition coefficient (Wildman–Crippen LogP) is 6.02. The average molecular weight is 434 g/mol. The molecule has 5 rings (SSSR count). The van der Waals surface area contributed by atoms with Gasteiger partial charge < -0.3 is 10.0 Å². The summed E-state index contributed by atoms with van der Waals surface area (Å²) in [6, 6.07) is 8.32. The maximum Gasteiger partial charge on any atom is 0.209 e. The van der Waals surface area contributed by atoms with Gasteiger partial charge in [-0.05, 0) is 68.9 Å². The highest BCUT2D eigenvalue weighted by molar-refractivity contribution is 6.30. The molecule has 0 aromatic heterocycles. The number of fused-ring (bicyclic) bond motifs is 1. The fraction of sp³-hybridized carbons (Fsp3) is 0.370. The van der Waals surface area contributed by atoms with Gasteiger partial charge in [-0.2, -0.15) is 4.58 Å². The molecule has 1 atom stereocenters. The molecular weight excluding hydrogens is 404 g/mol. The molecule has 3 nitrogen and oxygen atoms in total. The maximum atomic E-state index is 11.1. The van der Waals surface area contributed by atoms with E-state index in [4.69, 9.17) is 11.6 Å². The van der Waals surface area contributed by atoms with Gasteiger partial charge in [0.15, 0.2) is 5.71 Å². The lowest BCUT2D eigenvalue weighted by atomic mass is 9.76. The zero-order valence-corrected chi connectivity index (χ0v) is 19.2. The summed E-state index contributed by atoms with van der Waals surface area (Å²) in [7, 11) is 2.11. The lowest BCUT2D eigenvalue weighted by molar-refractivity contribution is -0.401. The molecule has 31 heavy (non-hydrogen) atoms. The van der Waals surface area contributed by atoms with Crippen molar-refractivity contribution in [1.82, 2.24) is 0 Å². The van der Waals surface area contributed by atoms with Gasteiger partial charge in [0.1, 0.15) is 12.8 Å². The minimum atomic E-state index is -0.206. The Balaban J connectivity index is 1.59. The molecule has 3 aliphatic heterocycles. The molecule has 3 heterocycles. The maximum absolute atomic E-state index is 11.1. The van der Waals surface area contributed by atoms with Gasteiger partial charge in [-0.25, -0.2) is 0 Å². The number of hydrogen-bond donors (Lipinski definition) is 1. The first-order valence-corrected chi connectivity index (χ1v) is 11.6. The monoisotopic (exact) mass is 433 g/mol. The van der Waals surface area contributed by atoms with Gasteiger partial charge in [-0.3, -0.25) is 0 Å². The molecule has 0 aliphatic carbocycles. The van der Waals surface area contributed by atoms with Crippen LogP contribution in [0.4, 0.5) is 11.4 Å². The highest BCUT2D eigenvalue weighted by Gasteiger charge is 2.45. The molecular formula is C27H30ClN2O+. The van der Waals surface area contributed by atoms with E-state index in [0.717, 1.165) is 54.9 Å². The van der Waals surface area contributed by atoms with Crippen LogP contribution < -0.4 is 4.90 Å². The van der Waals surface area contributed by atoms with Crippen LogP contribution >= 0.6 is 11.6 Å². The van der Waals surface area contributed by atoms with Crippen molar-refractivity contribution < 1.29 is 9.68 Å². The lowest BCUT2D eigenvalue weighted by Crippen LogP contribution is -2.34. The first-order valence-electron chi connectivity index (χ1n) is 11.3. The summed E-state index contributed by atoms with van der Waals surface area (Å²) in [6.45, 7) is 8.48. The quantitative estimate of drug-likeness (QED) is 0.471. The Bertz CT molecular complexity index is 1140. The van der Waals surface area contributed by atoms with Crippen LogP contribution in [0.25, 0.3) is 6.08 Å². The normalized spacial score (nSPS) is 22.1. The second kappa shape index (κ2) is 7.56. The van der Waals surface area contributed by atoms with Gasteiger partial charge in [0.05, 0.1) is 5.41 Å². The molecule has 0 radical (unpaired) electrons. The summed E-state index contributed by atoms with van der Waals surface area (Å²) in [6.07, 6.45) is 11.4. The molecule has 0 spiro atoms. The third kappa shape index (κ3) is 3.13. The van der Waals surface area contributed by atoms with Crippen LogP contribution in [0, 0.1) is 0 Å². The van der Waals surface area contributed by atoms with Crippen LogP contribution in [-0.2, 0) is 18.3 Å². The highest BCUT2D eigenvalue weighted by Crippen LogP contribution is 2.45. The summed E-state index contributed by atoms with van der Waals surface area (Å²) in [5.74, 6) is 0.453. The van der Waals surface area contributed by atoms with Gasteiger partial charge in [0.25, 0.3) is 0 Å². The van der Waals surface area contributed by atoms with E-state index in [0.29, 0.717) is 5.75 Å². The van der Waals surface area contributed by atoms with Crippen LogP contribution in [0.3, 0.4) is 0 Å². The van der Waals surface area contributed by atoms with Crippen molar-refractivity contribution in [2.75, 3.05) is 25.0 Å². The van der Waals surface area contributed by atoms with Gasteiger partial charge in [-0.1, -0.05) is 17.7 Å². The zero-order valence-electron chi connectivity index (χ0n) is 18.4. The van der Waals surface area contributed by atoms with Gasteiger partial charge >= 0.3 is 0 Å². The lowest BCUT2D eigenvalue weighted by Gasteiger charge is -2.37. The Morgan fingerprint density at radius 3 is 2.74 bits per heavy atom. The zero-order chi connectivity index (χ0) is 21.8. The molecule has 2 aromatic carbocycles. The topological polar surface area (TPSA) is 26.5 Å². The molecule has 0 saturated carbocycles. The van der Waals surface area contributed by atoms with E-state index in [2.05, 4.69) is 60.4 Å². The van der Waals surface area contributed by atoms with Crippen molar-refractivity contribution in [2.45, 2.75) is 44.4 Å². The Morgan fingerprint density at radius 1 is 1.19 bits per heavy atom. The first kappa shape index (κ1) is 20.4. The summed E-state index contributed by atoms with van der Waals surface area (Å²) >= 11 is 6.35. The molecule has 160 valence electrons.